The quantitative estimate of drug-likeness (QED) is 0.686. The van der Waals surface area contributed by atoms with Crippen LogP contribution in [0.4, 0.5) is 0 Å². The molecule has 0 bridgehead atoms. The minimum absolute atomic E-state index is 0.105. The Morgan fingerprint density at radius 3 is 2.62 bits per heavy atom. The van der Waals surface area contributed by atoms with Crippen molar-refractivity contribution in [2.24, 2.45) is 0 Å². The minimum Gasteiger partial charge on any atom is -0.477 e. The Morgan fingerprint density at radius 2 is 1.94 bits per heavy atom. The molecule has 6 heteroatoms. The van der Waals surface area contributed by atoms with Gasteiger partial charge in [0.1, 0.15) is 5.70 Å². The van der Waals surface area contributed by atoms with Crippen LogP contribution >= 0.6 is 0 Å². The molecule has 1 fully saturated rings. The van der Waals surface area contributed by atoms with Crippen molar-refractivity contribution in [3.63, 3.8) is 0 Å². The lowest BCUT2D eigenvalue weighted by atomic mass is 10.2. The van der Waals surface area contributed by atoms with Gasteiger partial charge in [0, 0.05) is 19.4 Å². The van der Waals surface area contributed by atoms with Gasteiger partial charge in [0.25, 0.3) is 0 Å². The number of carbonyl (C=O) groups is 3. The Labute approximate surface area is 92.1 Å². The van der Waals surface area contributed by atoms with E-state index in [4.69, 9.17) is 5.11 Å². The first-order valence-electron chi connectivity index (χ1n) is 5.18. The Hall–Kier alpha value is -1.85. The maximum Gasteiger partial charge on any atom is 0.354 e. The molecule has 0 spiro atoms. The van der Waals surface area contributed by atoms with Crippen LogP contribution in [0.15, 0.2) is 11.8 Å². The Kier molecular flexibility index (Phi) is 2.64. The fraction of sp³-hybridized carbons (Fsp3) is 0.500. The van der Waals surface area contributed by atoms with Crippen molar-refractivity contribution in [1.82, 2.24) is 10.0 Å². The molecule has 2 amide bonds. The molecule has 2 aliphatic heterocycles. The highest BCUT2D eigenvalue weighted by Crippen LogP contribution is 2.23. The fourth-order valence-corrected chi connectivity index (χ4v) is 1.95. The summed E-state index contributed by atoms with van der Waals surface area (Å²) in [4.78, 5) is 34.4. The molecule has 0 aromatic heterocycles. The van der Waals surface area contributed by atoms with Crippen LogP contribution in [0.3, 0.4) is 0 Å². The molecule has 0 aromatic rings. The van der Waals surface area contributed by atoms with Crippen LogP contribution in [0.25, 0.3) is 0 Å². The molecule has 1 N–H and O–H groups in total. The van der Waals surface area contributed by atoms with Crippen molar-refractivity contribution in [2.75, 3.05) is 6.54 Å². The van der Waals surface area contributed by atoms with E-state index in [1.165, 1.54) is 11.1 Å². The van der Waals surface area contributed by atoms with Crippen molar-refractivity contribution in [2.45, 2.75) is 25.7 Å². The van der Waals surface area contributed by atoms with Gasteiger partial charge in [0.2, 0.25) is 11.8 Å². The molecule has 2 heterocycles. The van der Waals surface area contributed by atoms with Crippen LogP contribution in [0.1, 0.15) is 25.7 Å². The highest BCUT2D eigenvalue weighted by atomic mass is 16.4. The number of carbonyl (C=O) groups excluding carboxylic acids is 2. The van der Waals surface area contributed by atoms with Crippen LogP contribution in [0.2, 0.25) is 0 Å². The van der Waals surface area contributed by atoms with Crippen LogP contribution in [0.5, 0.6) is 0 Å². The van der Waals surface area contributed by atoms with Gasteiger partial charge in [-0.2, -0.15) is 0 Å². The molecule has 16 heavy (non-hydrogen) atoms. The van der Waals surface area contributed by atoms with Gasteiger partial charge >= 0.3 is 5.97 Å². The maximum atomic E-state index is 11.7. The van der Waals surface area contributed by atoms with Gasteiger partial charge in [-0.3, -0.25) is 9.59 Å². The average molecular weight is 224 g/mol. The zero-order chi connectivity index (χ0) is 11.7. The summed E-state index contributed by atoms with van der Waals surface area (Å²) < 4.78 is 0. The molecule has 86 valence electrons. The van der Waals surface area contributed by atoms with Gasteiger partial charge in [-0.25, -0.2) is 14.8 Å². The number of aliphatic carboxylic acids is 1. The monoisotopic (exact) mass is 224 g/mol. The molecule has 0 atom stereocenters. The molecule has 0 unspecified atom stereocenters. The number of fused-ring (bicyclic) bond motifs is 1. The third-order valence-electron chi connectivity index (χ3n) is 2.67. The zero-order valence-electron chi connectivity index (χ0n) is 8.68. The van der Waals surface area contributed by atoms with Crippen molar-refractivity contribution in [3.8, 4) is 0 Å². The predicted octanol–water partition coefficient (Wildman–Crippen LogP) is 0.115. The standard InChI is InChI=1S/C10H12N2O4/c13-8-4-1-5-9(14)12-7(10(15)16)3-2-6-11(8)12/h3H,1-2,4-6H2,(H,15,16). The van der Waals surface area contributed by atoms with Crippen molar-refractivity contribution in [3.05, 3.63) is 11.8 Å². The van der Waals surface area contributed by atoms with Gasteiger partial charge in [-0.05, 0) is 18.9 Å². The number of nitrogens with zero attached hydrogens (tertiary/aromatic N) is 2. The van der Waals surface area contributed by atoms with Crippen LogP contribution in [-0.4, -0.2) is 39.5 Å². The second-order valence-electron chi connectivity index (χ2n) is 3.76. The summed E-state index contributed by atoms with van der Waals surface area (Å²) in [6, 6.07) is 0. The number of hydrogen-bond acceptors (Lipinski definition) is 3. The summed E-state index contributed by atoms with van der Waals surface area (Å²) in [5.41, 5.74) is -0.105. The Morgan fingerprint density at radius 1 is 1.25 bits per heavy atom. The van der Waals surface area contributed by atoms with E-state index >= 15 is 0 Å². The van der Waals surface area contributed by atoms with E-state index < -0.39 is 5.97 Å². The second-order valence-corrected chi connectivity index (χ2v) is 3.76. The van der Waals surface area contributed by atoms with E-state index in [2.05, 4.69) is 0 Å². The Bertz CT molecular complexity index is 388. The van der Waals surface area contributed by atoms with Crippen LogP contribution < -0.4 is 0 Å². The normalized spacial score (nSPS) is 21.4. The third kappa shape index (κ3) is 1.66. The molecule has 0 aliphatic carbocycles. The zero-order valence-corrected chi connectivity index (χ0v) is 8.68. The number of carboxylic acid groups (broad SMARTS) is 1. The second kappa shape index (κ2) is 3.96. The van der Waals surface area contributed by atoms with E-state index in [0.29, 0.717) is 25.8 Å². The summed E-state index contributed by atoms with van der Waals surface area (Å²) in [6.07, 6.45) is 2.95. The topological polar surface area (TPSA) is 77.9 Å². The van der Waals surface area contributed by atoms with E-state index in [1.54, 1.807) is 0 Å². The molecule has 0 aromatic carbocycles. The predicted molar refractivity (Wildman–Crippen MR) is 52.7 cm³/mol. The first-order valence-corrected chi connectivity index (χ1v) is 5.18. The highest BCUT2D eigenvalue weighted by Gasteiger charge is 2.36. The first kappa shape index (κ1) is 10.7. The van der Waals surface area contributed by atoms with Crippen molar-refractivity contribution < 1.29 is 19.5 Å². The molecule has 2 rings (SSSR count). The summed E-state index contributed by atoms with van der Waals surface area (Å²) in [6.45, 7) is 0.376. The smallest absolute Gasteiger partial charge is 0.354 e. The van der Waals surface area contributed by atoms with Crippen LogP contribution in [0, 0.1) is 0 Å². The van der Waals surface area contributed by atoms with Crippen LogP contribution in [-0.2, 0) is 14.4 Å². The van der Waals surface area contributed by atoms with Gasteiger partial charge in [-0.15, -0.1) is 0 Å². The molecule has 6 nitrogen and oxygen atoms in total. The SMILES string of the molecule is O=C(O)C1=CCCN2C(=O)CCCC(=O)N12. The highest BCUT2D eigenvalue weighted by molar-refractivity contribution is 5.95. The van der Waals surface area contributed by atoms with Crippen molar-refractivity contribution >= 4 is 17.8 Å². The largest absolute Gasteiger partial charge is 0.477 e. The summed E-state index contributed by atoms with van der Waals surface area (Å²) in [7, 11) is 0. The molecular weight excluding hydrogens is 212 g/mol. The number of amides is 2. The minimum atomic E-state index is -1.17. The van der Waals surface area contributed by atoms with Gasteiger partial charge in [0.15, 0.2) is 0 Å². The van der Waals surface area contributed by atoms with E-state index in [-0.39, 0.29) is 23.9 Å². The molecular formula is C10H12N2O4. The molecule has 2 aliphatic rings. The van der Waals surface area contributed by atoms with Crippen molar-refractivity contribution in [1.29, 1.82) is 0 Å². The average Bonchev–Trinajstić information content (AvgIpc) is 2.40. The summed E-state index contributed by atoms with van der Waals surface area (Å²) in [5.74, 6) is -1.68. The van der Waals surface area contributed by atoms with Gasteiger partial charge in [0.05, 0.1) is 0 Å². The molecule has 0 radical (unpaired) electrons. The lowest BCUT2D eigenvalue weighted by Gasteiger charge is -2.35. The number of rotatable bonds is 1. The molecule has 1 saturated heterocycles. The fourth-order valence-electron chi connectivity index (χ4n) is 1.95. The van der Waals surface area contributed by atoms with Gasteiger partial charge in [-0.1, -0.05) is 0 Å². The summed E-state index contributed by atoms with van der Waals surface area (Å²) >= 11 is 0. The number of carboxylic acids is 1. The first-order chi connectivity index (χ1) is 7.61. The molecule has 0 saturated carbocycles. The van der Waals surface area contributed by atoms with E-state index in [9.17, 15) is 14.4 Å². The number of hydrazine groups is 1. The summed E-state index contributed by atoms with van der Waals surface area (Å²) in [5, 5.41) is 11.2. The maximum absolute atomic E-state index is 11.7. The Balaban J connectivity index is 2.38. The van der Waals surface area contributed by atoms with Gasteiger partial charge < -0.3 is 5.11 Å². The van der Waals surface area contributed by atoms with E-state index in [1.807, 2.05) is 0 Å². The lowest BCUT2D eigenvalue weighted by molar-refractivity contribution is -0.161. The third-order valence-corrected chi connectivity index (χ3v) is 2.67. The van der Waals surface area contributed by atoms with E-state index in [0.717, 1.165) is 5.01 Å². The number of hydrogen-bond donors (Lipinski definition) is 1. The lowest BCUT2D eigenvalue weighted by Crippen LogP contribution is -2.51.